The van der Waals surface area contributed by atoms with E-state index >= 15 is 0 Å². The lowest BCUT2D eigenvalue weighted by Crippen LogP contribution is -1.89. The van der Waals surface area contributed by atoms with E-state index in [9.17, 15) is 0 Å². The summed E-state index contributed by atoms with van der Waals surface area (Å²) in [6.07, 6.45) is 5.56. The molecule has 0 unspecified atom stereocenters. The third-order valence-electron chi connectivity index (χ3n) is 0.493. The lowest BCUT2D eigenvalue weighted by Gasteiger charge is -1.72. The molecule has 0 rings (SSSR count). The van der Waals surface area contributed by atoms with Gasteiger partial charge in [0.05, 0.1) is 0 Å². The molecule has 1 nitrogen and oxygen atoms in total. The first-order valence-corrected chi connectivity index (χ1v) is 6.44. The summed E-state index contributed by atoms with van der Waals surface area (Å²) in [5.41, 5.74) is 0. The van der Waals surface area contributed by atoms with Crippen molar-refractivity contribution < 1.29 is 0 Å². The van der Waals surface area contributed by atoms with Crippen molar-refractivity contribution in [3.8, 4) is 0 Å². The highest BCUT2D eigenvalue weighted by Gasteiger charge is 1.61. The molecule has 0 aliphatic rings. The van der Waals surface area contributed by atoms with Gasteiger partial charge >= 0.3 is 0 Å². The number of allylic oxidation sites excluding steroid dienone is 1. The summed E-state index contributed by atoms with van der Waals surface area (Å²) in [6, 6.07) is 0. The van der Waals surface area contributed by atoms with Crippen LogP contribution >= 0.6 is 0 Å². The Kier molecular flexibility index (Phi) is 196. The fraction of sp³-hybridized carbons (Fsp3) is 0.857. The van der Waals surface area contributed by atoms with Gasteiger partial charge in [-0.05, 0) is 20.5 Å². The number of nitrogens with one attached hydrogen (secondary N) is 1. The van der Waals surface area contributed by atoms with Gasteiger partial charge in [-0.15, -0.1) is 6.58 Å². The number of rotatable bonds is 2. The maximum absolute atomic E-state index is 3.55. The Morgan fingerprint density at radius 2 is 1.13 bits per heavy atom. The largest absolute Gasteiger partial charge is 0.323 e. The Balaban J connectivity index is -0.0000000296. The molecule has 0 aliphatic heterocycles. The number of hydrogen-bond acceptors (Lipinski definition) is 1. The van der Waals surface area contributed by atoms with Crippen molar-refractivity contribution in [1.29, 1.82) is 0 Å². The van der Waals surface area contributed by atoms with Crippen molar-refractivity contribution in [1.82, 2.24) is 5.32 Å². The summed E-state index contributed by atoms with van der Waals surface area (Å²) >= 11 is 0. The average Bonchev–Trinajstić information content (AvgIpc) is 2.27. The fourth-order valence-electron chi connectivity index (χ4n) is 0.204. The molecular formula is C14H37N. The number of hydrogen-bond donors (Lipinski definition) is 1. The molecule has 98 valence electrons. The highest BCUT2D eigenvalue weighted by Crippen LogP contribution is 1.82. The maximum atomic E-state index is 3.55. The lowest BCUT2D eigenvalue weighted by molar-refractivity contribution is 0.961. The van der Waals surface area contributed by atoms with Crippen molar-refractivity contribution in [2.24, 2.45) is 0 Å². The van der Waals surface area contributed by atoms with Gasteiger partial charge in [-0.3, -0.25) is 0 Å². The van der Waals surface area contributed by atoms with Gasteiger partial charge in [-0.25, -0.2) is 0 Å². The molecule has 0 saturated heterocycles. The minimum absolute atomic E-state index is 1.15. The molecule has 1 heteroatoms. The second-order valence-electron chi connectivity index (χ2n) is 2.28. The van der Waals surface area contributed by atoms with Crippen molar-refractivity contribution >= 4 is 0 Å². The summed E-state index contributed by atoms with van der Waals surface area (Å²) in [5, 5.41) is 2.75. The zero-order valence-corrected chi connectivity index (χ0v) is 12.9. The van der Waals surface area contributed by atoms with Gasteiger partial charge in [0, 0.05) is 0 Å². The third-order valence-corrected chi connectivity index (χ3v) is 0.493. The van der Waals surface area contributed by atoms with Crippen LogP contribution in [0.15, 0.2) is 12.7 Å². The fourth-order valence-corrected chi connectivity index (χ4v) is 0.204. The second-order valence-corrected chi connectivity index (χ2v) is 2.28. The number of unbranched alkanes of at least 4 members (excludes halogenated alkanes) is 1. The molecule has 0 aromatic heterocycles. The first-order chi connectivity index (χ1) is 7.24. The molecule has 0 saturated carbocycles. The molecule has 0 bridgehead atoms. The quantitative estimate of drug-likeness (QED) is 0.623. The van der Waals surface area contributed by atoms with Crippen LogP contribution in [-0.4, -0.2) is 14.1 Å². The SMILES string of the molecule is C=CCCC.CC.CC.CCC.CNC. The van der Waals surface area contributed by atoms with Gasteiger partial charge in [0.25, 0.3) is 0 Å². The first kappa shape index (κ1) is 29.3. The van der Waals surface area contributed by atoms with Gasteiger partial charge in [0.1, 0.15) is 0 Å². The van der Waals surface area contributed by atoms with Gasteiger partial charge < -0.3 is 5.32 Å². The van der Waals surface area contributed by atoms with Crippen LogP contribution in [0, 0.1) is 0 Å². The molecule has 0 amide bonds. The minimum Gasteiger partial charge on any atom is -0.323 e. The molecule has 1 N–H and O–H groups in total. The van der Waals surface area contributed by atoms with Crippen molar-refractivity contribution in [2.45, 2.75) is 67.7 Å². The lowest BCUT2D eigenvalue weighted by atomic mass is 10.3. The Labute approximate surface area is 100 Å². The summed E-state index contributed by atoms with van der Waals surface area (Å²) < 4.78 is 0. The average molecular weight is 219 g/mol. The van der Waals surface area contributed by atoms with Crippen LogP contribution in [-0.2, 0) is 0 Å². The van der Waals surface area contributed by atoms with Crippen LogP contribution in [0.3, 0.4) is 0 Å². The van der Waals surface area contributed by atoms with Crippen LogP contribution in [0.5, 0.6) is 0 Å². The molecule has 0 aromatic carbocycles. The summed E-state index contributed by atoms with van der Waals surface area (Å²) in [7, 11) is 3.75. The predicted molar refractivity (Wildman–Crippen MR) is 78.7 cm³/mol. The molecule has 15 heavy (non-hydrogen) atoms. The van der Waals surface area contributed by atoms with Crippen LogP contribution in [0.25, 0.3) is 0 Å². The molecule has 0 atom stereocenters. The van der Waals surface area contributed by atoms with Crippen molar-refractivity contribution in [3.63, 3.8) is 0 Å². The topological polar surface area (TPSA) is 12.0 Å². The Morgan fingerprint density at radius 3 is 1.13 bits per heavy atom. The standard InChI is InChI=1S/C5H10.C3H8.C2H7N.2C2H6/c1-3-5-4-2;2*1-3-2;2*1-2/h3H,1,4-5H2,2H3;3H2,1-2H3;3H,1-2H3;2*1-2H3. The van der Waals surface area contributed by atoms with E-state index in [1.807, 2.05) is 47.9 Å². The van der Waals surface area contributed by atoms with E-state index < -0.39 is 0 Å². The molecule has 0 fully saturated rings. The Morgan fingerprint density at radius 1 is 0.933 bits per heavy atom. The summed E-state index contributed by atoms with van der Waals surface area (Å²) in [5.74, 6) is 0. The molecular weight excluding hydrogens is 182 g/mol. The van der Waals surface area contributed by atoms with Gasteiger partial charge in [0.15, 0.2) is 0 Å². The Hall–Kier alpha value is -0.300. The van der Waals surface area contributed by atoms with Crippen LogP contribution in [0.4, 0.5) is 0 Å². The van der Waals surface area contributed by atoms with Gasteiger partial charge in [0.2, 0.25) is 0 Å². The van der Waals surface area contributed by atoms with E-state index in [2.05, 4.69) is 32.7 Å². The van der Waals surface area contributed by atoms with Gasteiger partial charge in [-0.2, -0.15) is 0 Å². The van der Waals surface area contributed by atoms with Gasteiger partial charge in [-0.1, -0.05) is 67.4 Å². The van der Waals surface area contributed by atoms with Crippen LogP contribution in [0.1, 0.15) is 67.7 Å². The predicted octanol–water partition coefficient (Wildman–Crippen LogP) is 5.28. The first-order valence-electron chi connectivity index (χ1n) is 6.44. The van der Waals surface area contributed by atoms with E-state index in [1.54, 1.807) is 0 Å². The second kappa shape index (κ2) is 100. The monoisotopic (exact) mass is 219 g/mol. The Bertz CT molecular complexity index is 40.6. The van der Waals surface area contributed by atoms with Crippen LogP contribution < -0.4 is 5.32 Å². The highest BCUT2D eigenvalue weighted by molar-refractivity contribution is 4.63. The highest BCUT2D eigenvalue weighted by atomic mass is 14.7. The summed E-state index contributed by atoms with van der Waals surface area (Å²) in [4.78, 5) is 0. The van der Waals surface area contributed by atoms with Crippen molar-refractivity contribution in [2.75, 3.05) is 14.1 Å². The van der Waals surface area contributed by atoms with E-state index in [1.165, 1.54) is 12.8 Å². The normalized spacial score (nSPS) is 5.67. The molecule has 0 aromatic rings. The maximum Gasteiger partial charge on any atom is -0.0167 e. The van der Waals surface area contributed by atoms with E-state index in [4.69, 9.17) is 0 Å². The summed E-state index contributed by atoms with van der Waals surface area (Å²) in [6.45, 7) is 17.9. The smallest absolute Gasteiger partial charge is 0.0167 e. The van der Waals surface area contributed by atoms with E-state index in [0.717, 1.165) is 6.42 Å². The molecule has 0 aliphatic carbocycles. The molecule has 0 heterocycles. The molecule has 0 spiro atoms. The zero-order chi connectivity index (χ0) is 13.5. The van der Waals surface area contributed by atoms with E-state index in [-0.39, 0.29) is 0 Å². The third kappa shape index (κ3) is 649. The van der Waals surface area contributed by atoms with Crippen molar-refractivity contribution in [3.05, 3.63) is 12.7 Å². The van der Waals surface area contributed by atoms with Crippen LogP contribution in [0.2, 0.25) is 0 Å². The molecule has 0 radical (unpaired) electrons. The zero-order valence-electron chi connectivity index (χ0n) is 12.9. The minimum atomic E-state index is 1.15. The van der Waals surface area contributed by atoms with E-state index in [0.29, 0.717) is 0 Å².